The van der Waals surface area contributed by atoms with Crippen molar-refractivity contribution in [2.24, 2.45) is 0 Å². The molecule has 0 amide bonds. The Labute approximate surface area is 120 Å². The molecule has 0 atom stereocenters. The summed E-state index contributed by atoms with van der Waals surface area (Å²) in [6.07, 6.45) is 1.52. The summed E-state index contributed by atoms with van der Waals surface area (Å²) in [4.78, 5) is 4.35. The molecule has 102 valence electrons. The predicted octanol–water partition coefficient (Wildman–Crippen LogP) is 2.43. The van der Waals surface area contributed by atoms with E-state index < -0.39 is 0 Å². The number of nitrogen functional groups attached to an aromatic ring is 1. The molecule has 3 aromatic rings. The van der Waals surface area contributed by atoms with E-state index in [0.29, 0.717) is 34.7 Å². The minimum absolute atomic E-state index is 0.310. The van der Waals surface area contributed by atoms with E-state index in [1.54, 1.807) is 22.6 Å². The third kappa shape index (κ3) is 2.14. The van der Waals surface area contributed by atoms with Gasteiger partial charge in [0.15, 0.2) is 5.65 Å². The van der Waals surface area contributed by atoms with Gasteiger partial charge in [0.25, 0.3) is 0 Å². The highest BCUT2D eigenvalue weighted by atomic mass is 35.5. The van der Waals surface area contributed by atoms with Crippen LogP contribution in [0.3, 0.4) is 0 Å². The predicted molar refractivity (Wildman–Crippen MR) is 76.8 cm³/mol. The van der Waals surface area contributed by atoms with Gasteiger partial charge in [0.2, 0.25) is 5.95 Å². The Morgan fingerprint density at radius 3 is 3.00 bits per heavy atom. The largest absolute Gasteiger partial charge is 0.493 e. The van der Waals surface area contributed by atoms with Gasteiger partial charge >= 0.3 is 0 Å². The molecule has 2 aromatic heterocycles. The molecule has 0 aliphatic carbocycles. The second-order valence-corrected chi connectivity index (χ2v) is 4.57. The quantitative estimate of drug-likeness (QED) is 0.801. The van der Waals surface area contributed by atoms with Gasteiger partial charge in [0, 0.05) is 16.7 Å². The Morgan fingerprint density at radius 2 is 2.20 bits per heavy atom. The highest BCUT2D eigenvalue weighted by molar-refractivity contribution is 6.31. The van der Waals surface area contributed by atoms with E-state index in [-0.39, 0.29) is 0 Å². The lowest BCUT2D eigenvalue weighted by atomic mass is 10.1. The molecule has 7 heteroatoms. The fourth-order valence-electron chi connectivity index (χ4n) is 1.97. The smallest absolute Gasteiger partial charge is 0.207 e. The summed E-state index contributed by atoms with van der Waals surface area (Å²) in [5, 5.41) is 8.39. The number of fused-ring (bicyclic) bond motifs is 1. The maximum Gasteiger partial charge on any atom is 0.207 e. The van der Waals surface area contributed by atoms with E-state index >= 15 is 0 Å². The van der Waals surface area contributed by atoms with Crippen molar-refractivity contribution in [3.05, 3.63) is 35.6 Å². The Balaban J connectivity index is 2.21. The average Bonchev–Trinajstić information content (AvgIpc) is 2.90. The van der Waals surface area contributed by atoms with Crippen LogP contribution in [-0.2, 0) is 0 Å². The number of nitrogens with two attached hydrogens (primary N) is 1. The van der Waals surface area contributed by atoms with E-state index in [1.165, 1.54) is 6.33 Å². The molecule has 0 saturated carbocycles. The molecule has 1 aromatic carbocycles. The first kappa shape index (κ1) is 12.7. The van der Waals surface area contributed by atoms with Crippen LogP contribution in [0.4, 0.5) is 5.95 Å². The monoisotopic (exact) mass is 289 g/mol. The molecule has 0 fully saturated rings. The summed E-state index contributed by atoms with van der Waals surface area (Å²) < 4.78 is 7.20. The normalized spacial score (nSPS) is 10.9. The number of ether oxygens (including phenoxy) is 1. The zero-order valence-electron chi connectivity index (χ0n) is 10.7. The fourth-order valence-corrected chi connectivity index (χ4v) is 2.14. The lowest BCUT2D eigenvalue weighted by Gasteiger charge is -2.11. The number of halogens is 1. The van der Waals surface area contributed by atoms with Gasteiger partial charge in [-0.25, -0.2) is 4.98 Å². The molecular weight excluding hydrogens is 278 g/mol. The summed E-state index contributed by atoms with van der Waals surface area (Å²) in [7, 11) is 0. The lowest BCUT2D eigenvalue weighted by molar-refractivity contribution is 0.341. The summed E-state index contributed by atoms with van der Waals surface area (Å²) in [6.45, 7) is 2.47. The summed E-state index contributed by atoms with van der Waals surface area (Å²) in [6, 6.07) is 7.17. The zero-order valence-corrected chi connectivity index (χ0v) is 11.5. The topological polar surface area (TPSA) is 78.3 Å². The van der Waals surface area contributed by atoms with Crippen LogP contribution in [0.25, 0.3) is 16.9 Å². The Bertz CT molecular complexity index is 771. The highest BCUT2D eigenvalue weighted by Crippen LogP contribution is 2.32. The van der Waals surface area contributed by atoms with Crippen molar-refractivity contribution in [3.63, 3.8) is 0 Å². The summed E-state index contributed by atoms with van der Waals surface area (Å²) >= 11 is 6.06. The van der Waals surface area contributed by atoms with E-state index in [2.05, 4.69) is 15.2 Å². The van der Waals surface area contributed by atoms with Crippen molar-refractivity contribution in [2.45, 2.75) is 6.92 Å². The van der Waals surface area contributed by atoms with Crippen LogP contribution in [0.1, 0.15) is 6.92 Å². The molecule has 0 aliphatic heterocycles. The second kappa shape index (κ2) is 4.97. The van der Waals surface area contributed by atoms with Crippen LogP contribution in [0.2, 0.25) is 5.02 Å². The number of anilines is 1. The minimum Gasteiger partial charge on any atom is -0.493 e. The van der Waals surface area contributed by atoms with Gasteiger partial charge in [-0.05, 0) is 25.1 Å². The van der Waals surface area contributed by atoms with Crippen molar-refractivity contribution < 1.29 is 4.74 Å². The van der Waals surface area contributed by atoms with Crippen LogP contribution < -0.4 is 10.5 Å². The minimum atomic E-state index is 0.310. The molecule has 0 spiro atoms. The van der Waals surface area contributed by atoms with E-state index in [9.17, 15) is 0 Å². The van der Waals surface area contributed by atoms with E-state index in [0.717, 1.165) is 5.56 Å². The van der Waals surface area contributed by atoms with Crippen molar-refractivity contribution in [3.8, 4) is 17.0 Å². The standard InChI is InChI=1S/C13H12ClN5O/c1-2-20-11-4-3-8(14)5-9(11)10-6-12-18-16-7-19(12)13(15)17-10/h3-7H,2H2,1H3,(H2,15,17). The third-order valence-corrected chi connectivity index (χ3v) is 3.07. The second-order valence-electron chi connectivity index (χ2n) is 4.13. The molecule has 0 aliphatic rings. The van der Waals surface area contributed by atoms with Gasteiger partial charge in [-0.3, -0.25) is 4.40 Å². The van der Waals surface area contributed by atoms with Crippen molar-refractivity contribution in [1.29, 1.82) is 0 Å². The van der Waals surface area contributed by atoms with Crippen molar-refractivity contribution >= 4 is 23.2 Å². The molecule has 3 rings (SSSR count). The molecule has 0 unspecified atom stereocenters. The molecule has 0 saturated heterocycles. The number of hydrogen-bond acceptors (Lipinski definition) is 5. The SMILES string of the molecule is CCOc1ccc(Cl)cc1-c1cc2nncn2c(N)n1. The molecule has 20 heavy (non-hydrogen) atoms. The molecule has 0 bridgehead atoms. The number of hydrogen-bond donors (Lipinski definition) is 1. The lowest BCUT2D eigenvalue weighted by Crippen LogP contribution is -2.02. The molecule has 6 nitrogen and oxygen atoms in total. The average molecular weight is 290 g/mol. The van der Waals surface area contributed by atoms with Crippen LogP contribution in [0.5, 0.6) is 5.75 Å². The number of aromatic nitrogens is 4. The molecule has 0 radical (unpaired) electrons. The molecule has 2 N–H and O–H groups in total. The van der Waals surface area contributed by atoms with Crippen LogP contribution >= 0.6 is 11.6 Å². The van der Waals surface area contributed by atoms with Gasteiger partial charge in [-0.1, -0.05) is 11.6 Å². The molecule has 2 heterocycles. The zero-order chi connectivity index (χ0) is 14.1. The summed E-state index contributed by atoms with van der Waals surface area (Å²) in [5.41, 5.74) is 7.94. The maximum absolute atomic E-state index is 6.06. The summed E-state index contributed by atoms with van der Waals surface area (Å²) in [5.74, 6) is 1.01. The first-order valence-corrected chi connectivity index (χ1v) is 6.46. The highest BCUT2D eigenvalue weighted by Gasteiger charge is 2.12. The Kier molecular flexibility index (Phi) is 3.15. The van der Waals surface area contributed by atoms with Crippen molar-refractivity contribution in [1.82, 2.24) is 19.6 Å². The third-order valence-electron chi connectivity index (χ3n) is 2.84. The van der Waals surface area contributed by atoms with Crippen LogP contribution in [-0.4, -0.2) is 26.2 Å². The number of benzene rings is 1. The maximum atomic E-state index is 6.06. The number of nitrogens with zero attached hydrogens (tertiary/aromatic N) is 4. The van der Waals surface area contributed by atoms with Gasteiger partial charge in [0.05, 0.1) is 12.3 Å². The van der Waals surface area contributed by atoms with E-state index in [1.807, 2.05) is 13.0 Å². The van der Waals surface area contributed by atoms with Gasteiger partial charge in [0.1, 0.15) is 12.1 Å². The van der Waals surface area contributed by atoms with Gasteiger partial charge < -0.3 is 10.5 Å². The van der Waals surface area contributed by atoms with E-state index in [4.69, 9.17) is 22.1 Å². The molecular formula is C13H12ClN5O. The van der Waals surface area contributed by atoms with Gasteiger partial charge in [-0.2, -0.15) is 0 Å². The van der Waals surface area contributed by atoms with Gasteiger partial charge in [-0.15, -0.1) is 10.2 Å². The first-order valence-electron chi connectivity index (χ1n) is 6.08. The van der Waals surface area contributed by atoms with Crippen molar-refractivity contribution in [2.75, 3.05) is 12.3 Å². The Morgan fingerprint density at radius 1 is 1.35 bits per heavy atom. The van der Waals surface area contributed by atoms with Crippen LogP contribution in [0, 0.1) is 0 Å². The number of rotatable bonds is 3. The van der Waals surface area contributed by atoms with Crippen LogP contribution in [0.15, 0.2) is 30.6 Å². The first-order chi connectivity index (χ1) is 9.69. The Hall–Kier alpha value is -2.34. The fraction of sp³-hybridized carbons (Fsp3) is 0.154.